The quantitative estimate of drug-likeness (QED) is 0.789. The number of hydrogen-bond acceptors (Lipinski definition) is 5. The van der Waals surface area contributed by atoms with Gasteiger partial charge in [-0.25, -0.2) is 13.2 Å². The van der Waals surface area contributed by atoms with Gasteiger partial charge in [0, 0.05) is 5.69 Å². The van der Waals surface area contributed by atoms with E-state index in [0.717, 1.165) is 23.9 Å². The number of sulfonamides is 1. The molecule has 0 radical (unpaired) electrons. The zero-order chi connectivity index (χ0) is 15.6. The number of aromatic hydroxyl groups is 1. The number of carboxylic acid groups (broad SMARTS) is 1. The van der Waals surface area contributed by atoms with Crippen molar-refractivity contribution in [1.82, 2.24) is 4.98 Å². The van der Waals surface area contributed by atoms with Crippen LogP contribution in [-0.2, 0) is 10.0 Å². The van der Waals surface area contributed by atoms with Crippen molar-refractivity contribution in [2.24, 2.45) is 0 Å². The van der Waals surface area contributed by atoms with E-state index in [2.05, 4.69) is 9.71 Å². The molecule has 0 aliphatic heterocycles. The van der Waals surface area contributed by atoms with Crippen molar-refractivity contribution in [2.75, 3.05) is 4.72 Å². The van der Waals surface area contributed by atoms with Crippen molar-refractivity contribution in [3.8, 4) is 5.75 Å². The van der Waals surface area contributed by atoms with E-state index < -0.39 is 27.3 Å². The Morgan fingerprint density at radius 2 is 1.95 bits per heavy atom. The van der Waals surface area contributed by atoms with Gasteiger partial charge in [0.15, 0.2) is 0 Å². The summed E-state index contributed by atoms with van der Waals surface area (Å²) in [5, 5.41) is 18.3. The van der Waals surface area contributed by atoms with Crippen LogP contribution in [0.4, 0.5) is 5.69 Å². The Bertz CT molecular complexity index is 785. The van der Waals surface area contributed by atoms with Gasteiger partial charge in [-0.05, 0) is 37.3 Å². The maximum atomic E-state index is 12.2. The smallest absolute Gasteiger partial charge is 0.339 e. The largest absolute Gasteiger partial charge is 0.507 e. The van der Waals surface area contributed by atoms with Crippen LogP contribution in [0.15, 0.2) is 41.4 Å². The van der Waals surface area contributed by atoms with Gasteiger partial charge in [-0.3, -0.25) is 9.71 Å². The van der Waals surface area contributed by atoms with Crippen LogP contribution in [0.5, 0.6) is 5.75 Å². The van der Waals surface area contributed by atoms with Crippen LogP contribution >= 0.6 is 0 Å². The lowest BCUT2D eigenvalue weighted by atomic mass is 10.2. The van der Waals surface area contributed by atoms with Crippen LogP contribution in [0, 0.1) is 6.92 Å². The maximum absolute atomic E-state index is 12.2. The van der Waals surface area contributed by atoms with Crippen molar-refractivity contribution < 1.29 is 23.4 Å². The molecule has 0 saturated heterocycles. The lowest BCUT2D eigenvalue weighted by molar-refractivity contribution is 0.0693. The number of nitrogens with one attached hydrogen (secondary N) is 1. The van der Waals surface area contributed by atoms with Crippen molar-refractivity contribution in [3.63, 3.8) is 0 Å². The van der Waals surface area contributed by atoms with Gasteiger partial charge in [0.2, 0.25) is 0 Å². The fourth-order valence-electron chi connectivity index (χ4n) is 1.60. The Morgan fingerprint density at radius 3 is 2.52 bits per heavy atom. The van der Waals surface area contributed by atoms with Gasteiger partial charge in [0.25, 0.3) is 10.0 Å². The number of benzene rings is 1. The summed E-state index contributed by atoms with van der Waals surface area (Å²) in [7, 11) is -3.96. The summed E-state index contributed by atoms with van der Waals surface area (Å²) in [6.45, 7) is 1.76. The number of nitrogens with zero attached hydrogens (tertiary/aromatic N) is 1. The summed E-state index contributed by atoms with van der Waals surface area (Å²) >= 11 is 0. The molecule has 21 heavy (non-hydrogen) atoms. The number of anilines is 1. The molecule has 0 bridgehead atoms. The summed E-state index contributed by atoms with van der Waals surface area (Å²) in [6, 6.07) is 6.20. The Morgan fingerprint density at radius 1 is 1.24 bits per heavy atom. The first-order chi connectivity index (χ1) is 9.79. The minimum absolute atomic E-state index is 0.255. The second-order valence-electron chi connectivity index (χ2n) is 4.28. The standard InChI is InChI=1S/C13H12N2O5S/c1-8-2-3-9(7-14-8)15-21(19,20)10-4-5-12(16)11(6-10)13(17)18/h2-7,15-16H,1H3,(H,17,18). The zero-order valence-corrected chi connectivity index (χ0v) is 11.8. The molecule has 1 aromatic heterocycles. The van der Waals surface area contributed by atoms with Crippen LogP contribution < -0.4 is 4.72 Å². The minimum Gasteiger partial charge on any atom is -0.507 e. The number of carboxylic acids is 1. The molecule has 0 atom stereocenters. The van der Waals surface area contributed by atoms with Crippen LogP contribution in [0.2, 0.25) is 0 Å². The number of aromatic nitrogens is 1. The highest BCUT2D eigenvalue weighted by Crippen LogP contribution is 2.23. The highest BCUT2D eigenvalue weighted by atomic mass is 32.2. The van der Waals surface area contributed by atoms with E-state index in [4.69, 9.17) is 5.11 Å². The Kier molecular flexibility index (Phi) is 3.81. The molecule has 0 aliphatic carbocycles. The van der Waals surface area contributed by atoms with E-state index in [-0.39, 0.29) is 10.6 Å². The highest BCUT2D eigenvalue weighted by Gasteiger charge is 2.19. The molecule has 1 heterocycles. The van der Waals surface area contributed by atoms with Crippen LogP contribution in [-0.4, -0.2) is 29.6 Å². The van der Waals surface area contributed by atoms with Crippen LogP contribution in [0.1, 0.15) is 16.1 Å². The van der Waals surface area contributed by atoms with Gasteiger partial charge in [0.1, 0.15) is 11.3 Å². The van der Waals surface area contributed by atoms with Crippen molar-refractivity contribution in [2.45, 2.75) is 11.8 Å². The van der Waals surface area contributed by atoms with E-state index in [1.807, 2.05) is 0 Å². The molecule has 0 unspecified atom stereocenters. The minimum atomic E-state index is -3.96. The van der Waals surface area contributed by atoms with Crippen molar-refractivity contribution >= 4 is 21.7 Å². The van der Waals surface area contributed by atoms with E-state index in [1.54, 1.807) is 19.1 Å². The first-order valence-electron chi connectivity index (χ1n) is 5.81. The average Bonchev–Trinajstić information content (AvgIpc) is 2.41. The molecule has 0 amide bonds. The lowest BCUT2D eigenvalue weighted by Gasteiger charge is -2.09. The van der Waals surface area contributed by atoms with Gasteiger partial charge >= 0.3 is 5.97 Å². The molecule has 0 saturated carbocycles. The van der Waals surface area contributed by atoms with Crippen LogP contribution in [0.3, 0.4) is 0 Å². The normalized spacial score (nSPS) is 11.1. The Balaban J connectivity index is 2.38. The SMILES string of the molecule is Cc1ccc(NS(=O)(=O)c2ccc(O)c(C(=O)O)c2)cn1. The van der Waals surface area contributed by atoms with Gasteiger partial charge in [-0.1, -0.05) is 0 Å². The molecule has 1 aromatic carbocycles. The number of aromatic carboxylic acids is 1. The molecule has 0 spiro atoms. The van der Waals surface area contributed by atoms with E-state index in [0.29, 0.717) is 0 Å². The molecular weight excluding hydrogens is 296 g/mol. The third-order valence-corrected chi connectivity index (χ3v) is 4.05. The van der Waals surface area contributed by atoms with Crippen LogP contribution in [0.25, 0.3) is 0 Å². The summed E-state index contributed by atoms with van der Waals surface area (Å²) in [5.74, 6) is -1.92. The molecule has 0 aliphatic rings. The number of carbonyl (C=O) groups is 1. The highest BCUT2D eigenvalue weighted by molar-refractivity contribution is 7.92. The number of hydrogen-bond donors (Lipinski definition) is 3. The number of phenols is 1. The third-order valence-electron chi connectivity index (χ3n) is 2.67. The fourth-order valence-corrected chi connectivity index (χ4v) is 2.66. The van der Waals surface area contributed by atoms with E-state index in [9.17, 15) is 18.3 Å². The number of aryl methyl sites for hydroxylation is 1. The Hall–Kier alpha value is -2.61. The third kappa shape index (κ3) is 3.29. The first kappa shape index (κ1) is 14.8. The predicted molar refractivity (Wildman–Crippen MR) is 74.8 cm³/mol. The predicted octanol–water partition coefficient (Wildman–Crippen LogP) is 1.59. The molecule has 8 heteroatoms. The van der Waals surface area contributed by atoms with Gasteiger partial charge in [-0.2, -0.15) is 0 Å². The summed E-state index contributed by atoms with van der Waals surface area (Å²) < 4.78 is 26.6. The molecule has 0 fully saturated rings. The molecule has 3 N–H and O–H groups in total. The first-order valence-corrected chi connectivity index (χ1v) is 7.30. The van der Waals surface area contributed by atoms with Gasteiger partial charge in [0.05, 0.1) is 16.8 Å². The fraction of sp³-hybridized carbons (Fsp3) is 0.0769. The van der Waals surface area contributed by atoms with E-state index in [1.165, 1.54) is 6.20 Å². The molecule has 2 aromatic rings. The second kappa shape index (κ2) is 5.41. The summed E-state index contributed by atoms with van der Waals surface area (Å²) in [5.41, 5.74) is 0.501. The molecule has 110 valence electrons. The summed E-state index contributed by atoms with van der Waals surface area (Å²) in [4.78, 5) is 14.6. The maximum Gasteiger partial charge on any atom is 0.339 e. The second-order valence-corrected chi connectivity index (χ2v) is 5.96. The molecular formula is C13H12N2O5S. The van der Waals surface area contributed by atoms with Gasteiger partial charge in [-0.15, -0.1) is 0 Å². The van der Waals surface area contributed by atoms with Crippen molar-refractivity contribution in [3.05, 3.63) is 47.8 Å². The number of rotatable bonds is 4. The van der Waals surface area contributed by atoms with Crippen molar-refractivity contribution in [1.29, 1.82) is 0 Å². The average molecular weight is 308 g/mol. The number of pyridine rings is 1. The topological polar surface area (TPSA) is 117 Å². The molecule has 7 nitrogen and oxygen atoms in total. The van der Waals surface area contributed by atoms with Gasteiger partial charge < -0.3 is 10.2 Å². The molecule has 2 rings (SSSR count). The zero-order valence-electron chi connectivity index (χ0n) is 10.9. The summed E-state index contributed by atoms with van der Waals surface area (Å²) in [6.07, 6.45) is 1.35. The Labute approximate surface area is 120 Å². The lowest BCUT2D eigenvalue weighted by Crippen LogP contribution is -2.14. The monoisotopic (exact) mass is 308 g/mol. The van der Waals surface area contributed by atoms with E-state index >= 15 is 0 Å².